The maximum atomic E-state index is 11.4. The maximum absolute atomic E-state index is 11.4. The summed E-state index contributed by atoms with van der Waals surface area (Å²) in [5.41, 5.74) is 0.869. The summed E-state index contributed by atoms with van der Waals surface area (Å²) >= 11 is 0. The molecule has 0 unspecified atom stereocenters. The Morgan fingerprint density at radius 2 is 1.94 bits per heavy atom. The Morgan fingerprint density at radius 3 is 2.50 bits per heavy atom. The fourth-order valence-electron chi connectivity index (χ4n) is 2.41. The number of para-hydroxylation sites is 1. The van der Waals surface area contributed by atoms with Crippen molar-refractivity contribution < 1.29 is 9.90 Å². The summed E-state index contributed by atoms with van der Waals surface area (Å²) in [6.45, 7) is 0. The number of nitrogens with zero attached hydrogens (tertiary/aromatic N) is 2. The Balaban J connectivity index is 1.97. The second-order valence-corrected chi connectivity index (χ2v) is 4.72. The second kappa shape index (κ2) is 3.98. The van der Waals surface area contributed by atoms with Crippen molar-refractivity contribution in [2.45, 2.75) is 24.7 Å². The zero-order chi connectivity index (χ0) is 12.6. The lowest BCUT2D eigenvalue weighted by Crippen LogP contribution is -2.42. The summed E-state index contributed by atoms with van der Waals surface area (Å²) in [6.07, 6.45) is 4.17. The zero-order valence-corrected chi connectivity index (χ0v) is 9.91. The van der Waals surface area contributed by atoms with Gasteiger partial charge in [-0.1, -0.05) is 24.6 Å². The molecule has 4 heteroatoms. The first kappa shape index (κ1) is 11.0. The van der Waals surface area contributed by atoms with Crippen LogP contribution < -0.4 is 0 Å². The first-order chi connectivity index (χ1) is 8.72. The van der Waals surface area contributed by atoms with Crippen molar-refractivity contribution in [3.05, 3.63) is 48.3 Å². The Morgan fingerprint density at radius 1 is 1.22 bits per heavy atom. The molecule has 0 saturated heterocycles. The quantitative estimate of drug-likeness (QED) is 0.899. The molecule has 1 heterocycles. The molecule has 4 nitrogen and oxygen atoms in total. The van der Waals surface area contributed by atoms with E-state index in [1.165, 1.54) is 0 Å². The van der Waals surface area contributed by atoms with E-state index < -0.39 is 11.4 Å². The average molecular weight is 242 g/mol. The summed E-state index contributed by atoms with van der Waals surface area (Å²) in [5, 5.41) is 13.8. The first-order valence-electron chi connectivity index (χ1n) is 6.07. The smallest absolute Gasteiger partial charge is 0.315 e. The van der Waals surface area contributed by atoms with Crippen LogP contribution in [0.15, 0.2) is 42.6 Å². The number of aliphatic carboxylic acids is 1. The highest BCUT2D eigenvalue weighted by molar-refractivity contribution is 5.81. The van der Waals surface area contributed by atoms with Crippen molar-refractivity contribution in [1.29, 1.82) is 0 Å². The van der Waals surface area contributed by atoms with Crippen molar-refractivity contribution in [1.82, 2.24) is 9.78 Å². The number of hydrogen-bond donors (Lipinski definition) is 1. The minimum atomic E-state index is -0.757. The van der Waals surface area contributed by atoms with Gasteiger partial charge in [-0.2, -0.15) is 5.10 Å². The third kappa shape index (κ3) is 1.53. The van der Waals surface area contributed by atoms with Crippen LogP contribution in [0.5, 0.6) is 0 Å². The lowest BCUT2D eigenvalue weighted by atomic mass is 9.67. The molecule has 0 atom stereocenters. The highest BCUT2D eigenvalue weighted by atomic mass is 16.4. The van der Waals surface area contributed by atoms with Crippen LogP contribution in [0.3, 0.4) is 0 Å². The fraction of sp³-hybridized carbons (Fsp3) is 0.286. The lowest BCUT2D eigenvalue weighted by molar-refractivity contribution is -0.147. The topological polar surface area (TPSA) is 55.1 Å². The summed E-state index contributed by atoms with van der Waals surface area (Å²) in [5.74, 6) is -0.757. The molecule has 1 fully saturated rings. The minimum Gasteiger partial charge on any atom is -0.481 e. The third-order valence-electron chi connectivity index (χ3n) is 3.72. The zero-order valence-electron chi connectivity index (χ0n) is 9.91. The molecule has 0 spiro atoms. The van der Waals surface area contributed by atoms with Gasteiger partial charge in [0.25, 0.3) is 0 Å². The number of aromatic nitrogens is 2. The Hall–Kier alpha value is -2.10. The van der Waals surface area contributed by atoms with Crippen LogP contribution in [0.4, 0.5) is 0 Å². The highest BCUT2D eigenvalue weighted by Gasteiger charge is 2.47. The molecule has 18 heavy (non-hydrogen) atoms. The number of benzene rings is 1. The lowest BCUT2D eigenvalue weighted by Gasteiger charge is -2.35. The molecule has 0 aliphatic heterocycles. The molecular weight excluding hydrogens is 228 g/mol. The molecule has 0 amide bonds. The Kier molecular flexibility index (Phi) is 2.44. The van der Waals surface area contributed by atoms with Gasteiger partial charge in [0.1, 0.15) is 5.41 Å². The van der Waals surface area contributed by atoms with Crippen LogP contribution in [0.1, 0.15) is 25.0 Å². The number of carboxylic acid groups (broad SMARTS) is 1. The number of carboxylic acids is 1. The molecule has 1 aromatic carbocycles. The van der Waals surface area contributed by atoms with Gasteiger partial charge in [-0.05, 0) is 31.0 Å². The second-order valence-electron chi connectivity index (χ2n) is 4.72. The molecule has 0 bridgehead atoms. The van der Waals surface area contributed by atoms with Crippen molar-refractivity contribution in [2.24, 2.45) is 0 Å². The van der Waals surface area contributed by atoms with Crippen molar-refractivity contribution >= 4 is 5.97 Å². The van der Waals surface area contributed by atoms with E-state index in [4.69, 9.17) is 0 Å². The van der Waals surface area contributed by atoms with Crippen LogP contribution >= 0.6 is 0 Å². The molecule has 1 aromatic heterocycles. The van der Waals surface area contributed by atoms with Crippen LogP contribution in [0.2, 0.25) is 0 Å². The van der Waals surface area contributed by atoms with Gasteiger partial charge in [0, 0.05) is 6.20 Å². The van der Waals surface area contributed by atoms with Crippen molar-refractivity contribution in [3.63, 3.8) is 0 Å². The maximum Gasteiger partial charge on any atom is 0.315 e. The third-order valence-corrected chi connectivity index (χ3v) is 3.72. The standard InChI is InChI=1S/C14H14N2O2/c17-13(18)14(8-4-9-14)12-7-10-16(15-12)11-5-2-1-3-6-11/h1-3,5-7,10H,4,8-9H2,(H,17,18). The van der Waals surface area contributed by atoms with Gasteiger partial charge in [-0.3, -0.25) is 4.79 Å². The van der Waals surface area contributed by atoms with Crippen LogP contribution in [-0.4, -0.2) is 20.9 Å². The molecule has 1 N–H and O–H groups in total. The van der Waals surface area contributed by atoms with E-state index in [0.29, 0.717) is 18.5 Å². The molecule has 92 valence electrons. The molecule has 1 aliphatic carbocycles. The first-order valence-corrected chi connectivity index (χ1v) is 6.07. The van der Waals surface area contributed by atoms with Gasteiger partial charge in [0.2, 0.25) is 0 Å². The normalized spacial score (nSPS) is 17.1. The molecule has 0 radical (unpaired) electrons. The summed E-state index contributed by atoms with van der Waals surface area (Å²) in [4.78, 5) is 11.4. The van der Waals surface area contributed by atoms with E-state index >= 15 is 0 Å². The summed E-state index contributed by atoms with van der Waals surface area (Å²) < 4.78 is 1.73. The summed E-state index contributed by atoms with van der Waals surface area (Å²) in [6, 6.07) is 11.5. The summed E-state index contributed by atoms with van der Waals surface area (Å²) in [7, 11) is 0. The number of hydrogen-bond acceptors (Lipinski definition) is 2. The molecule has 2 aromatic rings. The number of rotatable bonds is 3. The van der Waals surface area contributed by atoms with Gasteiger partial charge < -0.3 is 5.11 Å². The van der Waals surface area contributed by atoms with E-state index in [9.17, 15) is 9.90 Å². The molecule has 1 aliphatic rings. The van der Waals surface area contributed by atoms with Crippen LogP contribution in [0.25, 0.3) is 5.69 Å². The Bertz CT molecular complexity index is 570. The number of carbonyl (C=O) groups is 1. The predicted molar refractivity (Wildman–Crippen MR) is 66.7 cm³/mol. The van der Waals surface area contributed by atoms with E-state index in [1.54, 1.807) is 4.68 Å². The SMILES string of the molecule is O=C(O)C1(c2ccn(-c3ccccc3)n2)CCC1. The van der Waals surface area contributed by atoms with E-state index in [1.807, 2.05) is 42.6 Å². The monoisotopic (exact) mass is 242 g/mol. The van der Waals surface area contributed by atoms with E-state index in [2.05, 4.69) is 5.10 Å². The molecular formula is C14H14N2O2. The van der Waals surface area contributed by atoms with Gasteiger partial charge in [0.15, 0.2) is 0 Å². The van der Waals surface area contributed by atoms with Gasteiger partial charge in [-0.25, -0.2) is 4.68 Å². The van der Waals surface area contributed by atoms with E-state index in [0.717, 1.165) is 12.1 Å². The fourth-order valence-corrected chi connectivity index (χ4v) is 2.41. The largest absolute Gasteiger partial charge is 0.481 e. The van der Waals surface area contributed by atoms with Gasteiger partial charge in [0.05, 0.1) is 11.4 Å². The van der Waals surface area contributed by atoms with E-state index in [-0.39, 0.29) is 0 Å². The average Bonchev–Trinajstić information content (AvgIpc) is 2.78. The predicted octanol–water partition coefficient (Wildman–Crippen LogP) is 2.38. The molecule has 1 saturated carbocycles. The van der Waals surface area contributed by atoms with Crippen molar-refractivity contribution in [3.8, 4) is 5.69 Å². The van der Waals surface area contributed by atoms with Crippen LogP contribution in [-0.2, 0) is 10.2 Å². The molecule has 3 rings (SSSR count). The Labute approximate surface area is 105 Å². The van der Waals surface area contributed by atoms with Gasteiger partial charge in [-0.15, -0.1) is 0 Å². The minimum absolute atomic E-state index is 0.671. The van der Waals surface area contributed by atoms with Crippen LogP contribution in [0, 0.1) is 0 Å². The highest BCUT2D eigenvalue weighted by Crippen LogP contribution is 2.43. The van der Waals surface area contributed by atoms with Crippen molar-refractivity contribution in [2.75, 3.05) is 0 Å². The van der Waals surface area contributed by atoms with Gasteiger partial charge >= 0.3 is 5.97 Å².